The Morgan fingerprint density at radius 2 is 1.86 bits per heavy atom. The molecule has 2 aliphatic heterocycles. The minimum absolute atomic E-state index is 0.0551. The zero-order valence-corrected chi connectivity index (χ0v) is 20.7. The number of allylic oxidation sites excluding steroid dienone is 1. The van der Waals surface area contributed by atoms with Crippen LogP contribution in [0, 0.1) is 11.7 Å². The molecule has 1 saturated heterocycles. The first-order valence-electron chi connectivity index (χ1n) is 12.0. The molecule has 0 amide bonds. The van der Waals surface area contributed by atoms with Crippen LogP contribution in [-0.2, 0) is 0 Å². The minimum atomic E-state index is -0.468. The first-order chi connectivity index (χ1) is 16.9. The molecule has 2 aliphatic rings. The van der Waals surface area contributed by atoms with Crippen LogP contribution >= 0.6 is 11.6 Å². The van der Waals surface area contributed by atoms with Gasteiger partial charge in [0.2, 0.25) is 0 Å². The van der Waals surface area contributed by atoms with Gasteiger partial charge in [-0.05, 0) is 72.0 Å². The van der Waals surface area contributed by atoms with Crippen molar-refractivity contribution in [2.75, 3.05) is 26.2 Å². The van der Waals surface area contributed by atoms with E-state index in [1.165, 1.54) is 25.6 Å². The highest BCUT2D eigenvalue weighted by molar-refractivity contribution is 6.31. The lowest BCUT2D eigenvalue weighted by Crippen LogP contribution is -2.47. The third-order valence-corrected chi connectivity index (χ3v) is 7.27. The average molecular weight is 494 g/mol. The maximum atomic E-state index is 13.9. The lowest BCUT2D eigenvalue weighted by molar-refractivity contribution is 0.0806. The average Bonchev–Trinajstić information content (AvgIpc) is 2.83. The fraction of sp³-hybridized carbons (Fsp3) is 0.310. The predicted octanol–water partition coefficient (Wildman–Crippen LogP) is 6.97. The van der Waals surface area contributed by atoms with Gasteiger partial charge in [-0.15, -0.1) is 0 Å². The van der Waals surface area contributed by atoms with E-state index in [2.05, 4.69) is 11.8 Å². The Hall–Kier alpha value is -3.02. The highest BCUT2D eigenvalue weighted by Gasteiger charge is 2.30. The predicted molar refractivity (Wildman–Crippen MR) is 138 cm³/mol. The molecular formula is C29H29ClFNO3. The summed E-state index contributed by atoms with van der Waals surface area (Å²) in [6.45, 7) is 8.15. The van der Waals surface area contributed by atoms with Crippen molar-refractivity contribution in [2.24, 2.45) is 5.92 Å². The number of rotatable bonds is 7. The fourth-order valence-electron chi connectivity index (χ4n) is 4.86. The van der Waals surface area contributed by atoms with E-state index in [0.29, 0.717) is 12.4 Å². The van der Waals surface area contributed by atoms with Crippen LogP contribution in [0.1, 0.15) is 43.1 Å². The van der Waals surface area contributed by atoms with Gasteiger partial charge in [0, 0.05) is 30.8 Å². The lowest BCUT2D eigenvalue weighted by Gasteiger charge is -2.38. The van der Waals surface area contributed by atoms with Crippen molar-refractivity contribution in [2.45, 2.75) is 26.4 Å². The number of phenols is 1. The first kappa shape index (κ1) is 23.7. The largest absolute Gasteiger partial charge is 0.508 e. The van der Waals surface area contributed by atoms with Gasteiger partial charge in [-0.3, -0.25) is 4.90 Å². The summed E-state index contributed by atoms with van der Waals surface area (Å²) in [4.78, 5) is 2.42. The van der Waals surface area contributed by atoms with Gasteiger partial charge in [0.15, 0.2) is 0 Å². The number of likely N-dealkylation sites (tertiary alicyclic amines) is 1. The van der Waals surface area contributed by atoms with Gasteiger partial charge in [-0.25, -0.2) is 4.39 Å². The van der Waals surface area contributed by atoms with Gasteiger partial charge in [0.1, 0.15) is 35.8 Å². The Labute approximate surface area is 210 Å². The third kappa shape index (κ3) is 4.89. The Morgan fingerprint density at radius 3 is 2.57 bits per heavy atom. The second-order valence-electron chi connectivity index (χ2n) is 9.30. The number of hydrogen-bond donors (Lipinski definition) is 1. The molecule has 0 bridgehead atoms. The molecule has 182 valence electrons. The van der Waals surface area contributed by atoms with Gasteiger partial charge >= 0.3 is 0 Å². The SMILES string of the molecule is CCC1CN(CCOc2ccc(C3Oc4ccc(O)cc4C(C)=C3c3ccc(F)c(Cl)c3)cc2)C1. The summed E-state index contributed by atoms with van der Waals surface area (Å²) in [6.07, 6.45) is 0.822. The summed E-state index contributed by atoms with van der Waals surface area (Å²) in [5.41, 5.74) is 4.33. The van der Waals surface area contributed by atoms with Crippen molar-refractivity contribution in [3.8, 4) is 17.2 Å². The molecule has 0 aliphatic carbocycles. The summed E-state index contributed by atoms with van der Waals surface area (Å²) in [5.74, 6) is 2.02. The van der Waals surface area contributed by atoms with Crippen molar-refractivity contribution in [3.05, 3.63) is 88.2 Å². The van der Waals surface area contributed by atoms with E-state index < -0.39 is 11.9 Å². The molecule has 3 aromatic rings. The van der Waals surface area contributed by atoms with Crippen molar-refractivity contribution in [3.63, 3.8) is 0 Å². The van der Waals surface area contributed by atoms with Crippen LogP contribution in [0.5, 0.6) is 17.2 Å². The number of benzene rings is 3. The Morgan fingerprint density at radius 1 is 1.09 bits per heavy atom. The van der Waals surface area contributed by atoms with Crippen molar-refractivity contribution in [1.29, 1.82) is 0 Å². The van der Waals surface area contributed by atoms with Gasteiger partial charge in [-0.2, -0.15) is 0 Å². The highest BCUT2D eigenvalue weighted by Crippen LogP contribution is 2.47. The van der Waals surface area contributed by atoms with E-state index in [-0.39, 0.29) is 10.8 Å². The number of ether oxygens (including phenoxy) is 2. The molecule has 6 heteroatoms. The molecule has 0 radical (unpaired) electrons. The summed E-state index contributed by atoms with van der Waals surface area (Å²) < 4.78 is 26.3. The second-order valence-corrected chi connectivity index (χ2v) is 9.70. The third-order valence-electron chi connectivity index (χ3n) is 6.98. The summed E-state index contributed by atoms with van der Waals surface area (Å²) in [7, 11) is 0. The number of nitrogens with zero attached hydrogens (tertiary/aromatic N) is 1. The van der Waals surface area contributed by atoms with Crippen LogP contribution < -0.4 is 9.47 Å². The van der Waals surface area contributed by atoms with Crippen LogP contribution in [0.4, 0.5) is 4.39 Å². The van der Waals surface area contributed by atoms with Gasteiger partial charge < -0.3 is 14.6 Å². The first-order valence-corrected chi connectivity index (χ1v) is 12.4. The van der Waals surface area contributed by atoms with Crippen LogP contribution in [0.3, 0.4) is 0 Å². The van der Waals surface area contributed by atoms with E-state index in [1.54, 1.807) is 30.3 Å². The van der Waals surface area contributed by atoms with Crippen LogP contribution in [0.25, 0.3) is 11.1 Å². The van der Waals surface area contributed by atoms with Gasteiger partial charge in [0.25, 0.3) is 0 Å². The van der Waals surface area contributed by atoms with E-state index in [0.717, 1.165) is 46.0 Å². The summed E-state index contributed by atoms with van der Waals surface area (Å²) in [5, 5.41) is 10.1. The molecule has 0 aromatic heterocycles. The van der Waals surface area contributed by atoms with Crippen LogP contribution in [0.15, 0.2) is 60.7 Å². The normalized spacial score (nSPS) is 18.1. The van der Waals surface area contributed by atoms with E-state index in [4.69, 9.17) is 21.1 Å². The fourth-order valence-corrected chi connectivity index (χ4v) is 5.04. The number of hydrogen-bond acceptors (Lipinski definition) is 4. The van der Waals surface area contributed by atoms with Crippen molar-refractivity contribution < 1.29 is 19.0 Å². The van der Waals surface area contributed by atoms with Gasteiger partial charge in [-0.1, -0.05) is 43.1 Å². The van der Waals surface area contributed by atoms with Crippen molar-refractivity contribution in [1.82, 2.24) is 4.90 Å². The molecule has 5 rings (SSSR count). The number of phenolic OH excluding ortho intramolecular Hbond substituents is 1. The summed E-state index contributed by atoms with van der Waals surface area (Å²) in [6, 6.07) is 17.7. The molecule has 1 N–H and O–H groups in total. The molecule has 35 heavy (non-hydrogen) atoms. The number of aromatic hydroxyl groups is 1. The zero-order chi connectivity index (χ0) is 24.5. The highest BCUT2D eigenvalue weighted by atomic mass is 35.5. The standard InChI is InChI=1S/C29H29ClFNO3/c1-3-19-16-32(17-19)12-13-34-23-8-4-20(5-9-23)29-28(21-6-10-26(31)25(30)14-21)18(2)24-15-22(33)7-11-27(24)35-29/h4-11,14-15,19,29,33H,3,12-13,16-17H2,1-2H3. The Balaban J connectivity index is 1.40. The molecule has 3 aromatic carbocycles. The molecule has 4 nitrogen and oxygen atoms in total. The molecule has 2 heterocycles. The minimum Gasteiger partial charge on any atom is -0.508 e. The number of fused-ring (bicyclic) bond motifs is 1. The molecular weight excluding hydrogens is 465 g/mol. The lowest BCUT2D eigenvalue weighted by atomic mass is 9.86. The van der Waals surface area contributed by atoms with Crippen LogP contribution in [0.2, 0.25) is 5.02 Å². The van der Waals surface area contributed by atoms with E-state index in [9.17, 15) is 9.50 Å². The molecule has 0 saturated carbocycles. The quantitative estimate of drug-likeness (QED) is 0.386. The van der Waals surface area contributed by atoms with Crippen LogP contribution in [-0.4, -0.2) is 36.2 Å². The molecule has 0 spiro atoms. The monoisotopic (exact) mass is 493 g/mol. The van der Waals surface area contributed by atoms with Crippen molar-refractivity contribution >= 4 is 22.7 Å². The Bertz CT molecular complexity index is 1250. The topological polar surface area (TPSA) is 41.9 Å². The molecule has 1 atom stereocenters. The maximum Gasteiger partial charge on any atom is 0.150 e. The maximum absolute atomic E-state index is 13.9. The zero-order valence-electron chi connectivity index (χ0n) is 19.9. The summed E-state index contributed by atoms with van der Waals surface area (Å²) >= 11 is 6.12. The molecule has 1 fully saturated rings. The second kappa shape index (κ2) is 9.92. The van der Waals surface area contributed by atoms with E-state index >= 15 is 0 Å². The van der Waals surface area contributed by atoms with Gasteiger partial charge in [0.05, 0.1) is 5.02 Å². The number of halogens is 2. The Kier molecular flexibility index (Phi) is 6.72. The smallest absolute Gasteiger partial charge is 0.150 e. The van der Waals surface area contributed by atoms with E-state index in [1.807, 2.05) is 31.2 Å². The molecule has 1 unspecified atom stereocenters.